The van der Waals surface area contributed by atoms with Crippen LogP contribution < -0.4 is 11.2 Å². The van der Waals surface area contributed by atoms with Gasteiger partial charge in [-0.25, -0.2) is 23.1 Å². The van der Waals surface area contributed by atoms with Gasteiger partial charge in [0, 0.05) is 29.7 Å². The average Bonchev–Trinajstić information content (AvgIpc) is 3.33. The second kappa shape index (κ2) is 6.20. The third-order valence-corrected chi connectivity index (χ3v) is 5.40. The number of imidazole rings is 1. The molecule has 7 nitrogen and oxygen atoms in total. The highest BCUT2D eigenvalue weighted by molar-refractivity contribution is 5.63. The molecule has 0 aliphatic heterocycles. The molecule has 0 amide bonds. The predicted octanol–water partition coefficient (Wildman–Crippen LogP) is 2.63. The Morgan fingerprint density at radius 3 is 2.62 bits per heavy atom. The van der Waals surface area contributed by atoms with Crippen LogP contribution in [0.15, 0.2) is 46.4 Å². The first-order chi connectivity index (χ1) is 13.9. The zero-order valence-corrected chi connectivity index (χ0v) is 15.2. The normalized spacial score (nSPS) is 18.3. The SMILES string of the molecule is Cc1c(F)cc([C@H]2C[C@@H]2c2cc(-c3c[nH]c(=O)[nH]c3=O)nn3ccnc23)cc1F. The van der Waals surface area contributed by atoms with Gasteiger partial charge in [-0.2, -0.15) is 5.10 Å². The lowest BCUT2D eigenvalue weighted by Crippen LogP contribution is -2.23. The number of rotatable bonds is 3. The van der Waals surface area contributed by atoms with Crippen LogP contribution in [0.2, 0.25) is 0 Å². The molecule has 4 aromatic rings. The van der Waals surface area contributed by atoms with Crippen molar-refractivity contribution in [1.29, 1.82) is 0 Å². The Kier molecular flexibility index (Phi) is 3.73. The van der Waals surface area contributed by atoms with Crippen LogP contribution in [0, 0.1) is 18.6 Å². The van der Waals surface area contributed by atoms with E-state index in [4.69, 9.17) is 0 Å². The first-order valence-electron chi connectivity index (χ1n) is 9.04. The van der Waals surface area contributed by atoms with Crippen molar-refractivity contribution in [2.24, 2.45) is 0 Å². The van der Waals surface area contributed by atoms with E-state index < -0.39 is 22.9 Å². The van der Waals surface area contributed by atoms with Crippen molar-refractivity contribution in [3.8, 4) is 11.3 Å². The molecule has 0 unspecified atom stereocenters. The molecule has 1 fully saturated rings. The lowest BCUT2D eigenvalue weighted by atomic mass is 10.0. The fourth-order valence-corrected chi connectivity index (χ4v) is 3.73. The summed E-state index contributed by atoms with van der Waals surface area (Å²) in [5, 5.41) is 4.40. The van der Waals surface area contributed by atoms with Gasteiger partial charge in [-0.1, -0.05) is 0 Å². The van der Waals surface area contributed by atoms with Crippen molar-refractivity contribution < 1.29 is 8.78 Å². The van der Waals surface area contributed by atoms with E-state index in [1.807, 2.05) is 0 Å². The maximum absolute atomic E-state index is 14.0. The number of nitrogens with zero attached hydrogens (tertiary/aromatic N) is 3. The molecule has 146 valence electrons. The van der Waals surface area contributed by atoms with E-state index in [1.165, 1.54) is 25.3 Å². The molecule has 3 heterocycles. The Labute approximate surface area is 162 Å². The van der Waals surface area contributed by atoms with Crippen LogP contribution in [0.5, 0.6) is 0 Å². The van der Waals surface area contributed by atoms with Crippen molar-refractivity contribution in [1.82, 2.24) is 24.6 Å². The van der Waals surface area contributed by atoms with Crippen molar-refractivity contribution in [3.63, 3.8) is 0 Å². The molecule has 3 aromatic heterocycles. The van der Waals surface area contributed by atoms with E-state index in [2.05, 4.69) is 20.1 Å². The molecular weight excluding hydrogens is 380 g/mol. The van der Waals surface area contributed by atoms with Gasteiger partial charge in [-0.15, -0.1) is 0 Å². The Hall–Kier alpha value is -3.62. The summed E-state index contributed by atoms with van der Waals surface area (Å²) in [6.45, 7) is 1.41. The summed E-state index contributed by atoms with van der Waals surface area (Å²) in [5.74, 6) is -1.19. The van der Waals surface area contributed by atoms with Gasteiger partial charge in [0.05, 0.1) is 11.3 Å². The van der Waals surface area contributed by atoms with E-state index in [0.29, 0.717) is 23.3 Å². The summed E-state index contributed by atoms with van der Waals surface area (Å²) in [6.07, 6.45) is 5.27. The fraction of sp³-hybridized carbons (Fsp3) is 0.200. The monoisotopic (exact) mass is 395 g/mol. The first kappa shape index (κ1) is 17.5. The number of aromatic amines is 2. The summed E-state index contributed by atoms with van der Waals surface area (Å²) in [7, 11) is 0. The highest BCUT2D eigenvalue weighted by Gasteiger charge is 2.42. The highest BCUT2D eigenvalue weighted by Crippen LogP contribution is 2.55. The second-order valence-corrected chi connectivity index (χ2v) is 7.22. The molecule has 2 N–H and O–H groups in total. The van der Waals surface area contributed by atoms with Gasteiger partial charge in [0.1, 0.15) is 11.6 Å². The van der Waals surface area contributed by atoms with Crippen LogP contribution in [0.1, 0.15) is 34.9 Å². The Balaban J connectivity index is 1.60. The van der Waals surface area contributed by atoms with Crippen LogP contribution >= 0.6 is 0 Å². The summed E-state index contributed by atoms with van der Waals surface area (Å²) >= 11 is 0. The van der Waals surface area contributed by atoms with Gasteiger partial charge in [0.25, 0.3) is 5.56 Å². The van der Waals surface area contributed by atoms with Crippen molar-refractivity contribution in [2.45, 2.75) is 25.2 Å². The lowest BCUT2D eigenvalue weighted by Gasteiger charge is -2.08. The molecule has 1 aliphatic rings. The molecule has 0 radical (unpaired) electrons. The molecular formula is C20H15F2N5O2. The highest BCUT2D eigenvalue weighted by atomic mass is 19.1. The van der Waals surface area contributed by atoms with Crippen molar-refractivity contribution in [3.05, 3.63) is 86.0 Å². The van der Waals surface area contributed by atoms with Gasteiger partial charge in [-0.3, -0.25) is 9.78 Å². The average molecular weight is 395 g/mol. The van der Waals surface area contributed by atoms with E-state index in [-0.39, 0.29) is 23.0 Å². The number of hydrogen-bond acceptors (Lipinski definition) is 4. The second-order valence-electron chi connectivity index (χ2n) is 7.22. The van der Waals surface area contributed by atoms with E-state index >= 15 is 0 Å². The van der Waals surface area contributed by atoms with Gasteiger partial charge in [-0.05, 0) is 48.9 Å². The number of aromatic nitrogens is 5. The molecule has 1 aliphatic carbocycles. The molecule has 29 heavy (non-hydrogen) atoms. The van der Waals surface area contributed by atoms with Gasteiger partial charge >= 0.3 is 5.69 Å². The van der Waals surface area contributed by atoms with Crippen LogP contribution in [-0.4, -0.2) is 24.6 Å². The molecule has 5 rings (SSSR count). The minimum absolute atomic E-state index is 0.00471. The Morgan fingerprint density at radius 2 is 1.90 bits per heavy atom. The van der Waals surface area contributed by atoms with Gasteiger partial charge in [0.2, 0.25) is 0 Å². The topological polar surface area (TPSA) is 95.9 Å². The zero-order chi connectivity index (χ0) is 20.3. The predicted molar refractivity (Wildman–Crippen MR) is 101 cm³/mol. The number of fused-ring (bicyclic) bond motifs is 1. The summed E-state index contributed by atoms with van der Waals surface area (Å²) < 4.78 is 29.5. The molecule has 0 saturated heterocycles. The van der Waals surface area contributed by atoms with Crippen LogP contribution in [0.3, 0.4) is 0 Å². The zero-order valence-electron chi connectivity index (χ0n) is 15.2. The molecule has 0 spiro atoms. The van der Waals surface area contributed by atoms with Crippen molar-refractivity contribution >= 4 is 5.65 Å². The lowest BCUT2D eigenvalue weighted by molar-refractivity contribution is 0.564. The molecule has 2 atom stereocenters. The minimum Gasteiger partial charge on any atom is -0.313 e. The van der Waals surface area contributed by atoms with Crippen molar-refractivity contribution in [2.75, 3.05) is 0 Å². The summed E-state index contributed by atoms with van der Waals surface area (Å²) in [6, 6.07) is 4.50. The fourth-order valence-electron chi connectivity index (χ4n) is 3.73. The van der Waals surface area contributed by atoms with Crippen LogP contribution in [-0.2, 0) is 0 Å². The van der Waals surface area contributed by atoms with Gasteiger partial charge < -0.3 is 4.98 Å². The molecule has 0 bridgehead atoms. The first-order valence-corrected chi connectivity index (χ1v) is 9.04. The molecule has 1 aromatic carbocycles. The standard InChI is InChI=1S/C20H15F2N5O2/c1-9-15(21)4-10(5-16(9)22)11-6-12(11)13-7-17(26-27-3-2-23-18(13)27)14-8-24-20(29)25-19(14)28/h2-5,7-8,11-12H,6H2,1H3,(H2,24,25,28,29)/t11-,12+/m1/s1. The number of halogens is 2. The van der Waals surface area contributed by atoms with Gasteiger partial charge in [0.15, 0.2) is 5.65 Å². The largest absolute Gasteiger partial charge is 0.325 e. The van der Waals surface area contributed by atoms with E-state index in [0.717, 1.165) is 5.56 Å². The minimum atomic E-state index is -0.603. The molecule has 9 heteroatoms. The number of hydrogen-bond donors (Lipinski definition) is 2. The van der Waals surface area contributed by atoms with E-state index in [9.17, 15) is 18.4 Å². The third kappa shape index (κ3) is 2.86. The number of nitrogens with one attached hydrogen (secondary N) is 2. The third-order valence-electron chi connectivity index (χ3n) is 5.40. The molecule has 1 saturated carbocycles. The maximum Gasteiger partial charge on any atom is 0.325 e. The van der Waals surface area contributed by atoms with Crippen LogP contribution in [0.4, 0.5) is 8.78 Å². The maximum atomic E-state index is 14.0. The van der Waals surface area contributed by atoms with Crippen LogP contribution in [0.25, 0.3) is 16.9 Å². The number of H-pyrrole nitrogens is 2. The summed E-state index contributed by atoms with van der Waals surface area (Å²) in [4.78, 5) is 32.4. The quantitative estimate of drug-likeness (QED) is 0.557. The number of benzene rings is 1. The summed E-state index contributed by atoms with van der Waals surface area (Å²) in [5.41, 5.74) is 1.48. The Morgan fingerprint density at radius 1 is 1.14 bits per heavy atom. The van der Waals surface area contributed by atoms with E-state index in [1.54, 1.807) is 23.0 Å². The Bertz CT molecular complexity index is 1360. The smallest absolute Gasteiger partial charge is 0.313 e.